The van der Waals surface area contributed by atoms with Gasteiger partial charge in [-0.05, 0) is 31.5 Å². The molecule has 2 aliphatic rings. The van der Waals surface area contributed by atoms with Crippen LogP contribution in [0.1, 0.15) is 25.0 Å². The van der Waals surface area contributed by atoms with Crippen LogP contribution < -0.4 is 0 Å². The Kier molecular flexibility index (Phi) is 6.03. The van der Waals surface area contributed by atoms with Crippen molar-refractivity contribution in [3.8, 4) is 0 Å². The summed E-state index contributed by atoms with van der Waals surface area (Å²) in [7, 11) is 0. The molecule has 6 nitrogen and oxygen atoms in total. The van der Waals surface area contributed by atoms with Gasteiger partial charge in [0.1, 0.15) is 11.2 Å². The van der Waals surface area contributed by atoms with Gasteiger partial charge in [-0.25, -0.2) is 4.39 Å². The molecule has 2 aliphatic heterocycles. The predicted molar refractivity (Wildman–Crippen MR) is 112 cm³/mol. The largest absolute Gasteiger partial charge is 0.402 e. The minimum absolute atomic E-state index is 0.0784. The van der Waals surface area contributed by atoms with E-state index in [0.717, 1.165) is 25.0 Å². The van der Waals surface area contributed by atoms with E-state index < -0.39 is 22.9 Å². The number of amides is 1. The van der Waals surface area contributed by atoms with Gasteiger partial charge in [0.05, 0.1) is 12.7 Å². The van der Waals surface area contributed by atoms with Crippen LogP contribution in [0.2, 0.25) is 0 Å². The molecule has 0 bridgehead atoms. The average Bonchev–Trinajstić information content (AvgIpc) is 3.31. The number of likely N-dealkylation sites (tertiary alicyclic amines) is 2. The van der Waals surface area contributed by atoms with Crippen molar-refractivity contribution in [3.05, 3.63) is 53.6 Å². The minimum Gasteiger partial charge on any atom is -0.396 e. The molecular weight excluding hydrogens is 440 g/mol. The maximum Gasteiger partial charge on any atom is 0.402 e. The fraction of sp³-hybridized carbons (Fsp3) is 0.565. The van der Waals surface area contributed by atoms with Gasteiger partial charge in [0.25, 0.3) is 0 Å². The highest BCUT2D eigenvalue weighted by atomic mass is 19.4. The first-order valence-corrected chi connectivity index (χ1v) is 10.9. The van der Waals surface area contributed by atoms with Gasteiger partial charge in [-0.1, -0.05) is 12.1 Å². The molecule has 4 rings (SSSR count). The Morgan fingerprint density at radius 2 is 1.79 bits per heavy atom. The highest BCUT2D eigenvalue weighted by molar-refractivity contribution is 5.83. The summed E-state index contributed by atoms with van der Waals surface area (Å²) in [4.78, 5) is 15.9. The first-order valence-electron chi connectivity index (χ1n) is 10.9. The van der Waals surface area contributed by atoms with Crippen molar-refractivity contribution in [2.45, 2.75) is 33.1 Å². The molecule has 2 saturated heterocycles. The number of rotatable bonds is 6. The van der Waals surface area contributed by atoms with Crippen LogP contribution in [0.3, 0.4) is 0 Å². The highest BCUT2D eigenvalue weighted by Crippen LogP contribution is 2.47. The summed E-state index contributed by atoms with van der Waals surface area (Å²) in [6.45, 7) is 4.47. The van der Waals surface area contributed by atoms with Gasteiger partial charge >= 0.3 is 6.18 Å². The van der Waals surface area contributed by atoms with Gasteiger partial charge in [0.15, 0.2) is 0 Å². The van der Waals surface area contributed by atoms with Crippen LogP contribution >= 0.6 is 0 Å². The minimum atomic E-state index is -4.61. The number of hydrogen-bond donors (Lipinski definition) is 1. The SMILES string of the molecule is CC(C)(C(=O)N1CC2(CN(Cc3cnn(Cc4ccc(F)cc4)c3)C[C@H]2CO)C1)C(F)(F)F. The van der Waals surface area contributed by atoms with Crippen LogP contribution in [-0.2, 0) is 17.9 Å². The van der Waals surface area contributed by atoms with Crippen molar-refractivity contribution in [1.82, 2.24) is 19.6 Å². The Bertz CT molecular complexity index is 997. The Labute approximate surface area is 189 Å². The lowest BCUT2D eigenvalue weighted by molar-refractivity contribution is -0.223. The molecule has 1 N–H and O–H groups in total. The highest BCUT2D eigenvalue weighted by Gasteiger charge is 2.60. The molecule has 1 spiro atoms. The summed E-state index contributed by atoms with van der Waals surface area (Å²) in [5.74, 6) is -1.32. The molecule has 10 heteroatoms. The molecule has 3 heterocycles. The van der Waals surface area contributed by atoms with E-state index >= 15 is 0 Å². The molecular formula is C23H28F4N4O2. The quantitative estimate of drug-likeness (QED) is 0.663. The van der Waals surface area contributed by atoms with Crippen LogP contribution in [0.5, 0.6) is 0 Å². The van der Waals surface area contributed by atoms with Gasteiger partial charge in [-0.2, -0.15) is 18.3 Å². The number of halogens is 4. The smallest absolute Gasteiger partial charge is 0.396 e. The zero-order valence-corrected chi connectivity index (χ0v) is 18.6. The molecule has 2 fully saturated rings. The summed E-state index contributed by atoms with van der Waals surface area (Å²) in [5.41, 5.74) is -0.930. The Morgan fingerprint density at radius 1 is 1.12 bits per heavy atom. The van der Waals surface area contributed by atoms with E-state index in [9.17, 15) is 27.5 Å². The molecule has 0 radical (unpaired) electrons. The van der Waals surface area contributed by atoms with Crippen LogP contribution in [-0.4, -0.2) is 69.6 Å². The van der Waals surface area contributed by atoms with Crippen LogP contribution in [0.4, 0.5) is 17.6 Å². The van der Waals surface area contributed by atoms with Crippen molar-refractivity contribution in [2.24, 2.45) is 16.7 Å². The second kappa shape index (κ2) is 8.39. The Morgan fingerprint density at radius 3 is 2.39 bits per heavy atom. The number of carbonyl (C=O) groups excluding carboxylic acids is 1. The topological polar surface area (TPSA) is 61.6 Å². The standard InChI is InChI=1S/C23H28F4N4O2/c1-21(2,23(25,26)27)20(33)30-14-22(15-30)13-29(11-18(22)12-32)8-17-7-28-31(10-17)9-16-3-5-19(24)6-4-16/h3-7,10,18,32H,8-9,11-15H2,1-2H3/t18-/m0/s1. The molecule has 180 valence electrons. The van der Waals surface area contributed by atoms with Crippen LogP contribution in [0.15, 0.2) is 36.7 Å². The predicted octanol–water partition coefficient (Wildman–Crippen LogP) is 2.91. The first-order chi connectivity index (χ1) is 15.4. The van der Waals surface area contributed by atoms with E-state index in [1.807, 2.05) is 6.20 Å². The second-order valence-electron chi connectivity index (χ2n) is 9.87. The molecule has 1 aromatic carbocycles. The van der Waals surface area contributed by atoms with E-state index in [1.54, 1.807) is 23.0 Å². The van der Waals surface area contributed by atoms with Crippen LogP contribution in [0, 0.1) is 22.6 Å². The number of alkyl halides is 3. The van der Waals surface area contributed by atoms with Crippen molar-refractivity contribution in [1.29, 1.82) is 0 Å². The number of aliphatic hydroxyl groups is 1. The molecule has 2 aromatic rings. The third kappa shape index (κ3) is 4.50. The zero-order valence-electron chi connectivity index (χ0n) is 18.6. The lowest BCUT2D eigenvalue weighted by Gasteiger charge is -2.52. The first kappa shape index (κ1) is 23.7. The third-order valence-corrected chi connectivity index (χ3v) is 7.00. The summed E-state index contributed by atoms with van der Waals surface area (Å²) >= 11 is 0. The lowest BCUT2D eigenvalue weighted by Crippen LogP contribution is -2.65. The van der Waals surface area contributed by atoms with Gasteiger partial charge in [0, 0.05) is 62.4 Å². The monoisotopic (exact) mass is 468 g/mol. The number of aromatic nitrogens is 2. The third-order valence-electron chi connectivity index (χ3n) is 7.00. The van der Waals surface area contributed by atoms with E-state index in [2.05, 4.69) is 10.00 Å². The van der Waals surface area contributed by atoms with Gasteiger partial charge < -0.3 is 10.0 Å². The van der Waals surface area contributed by atoms with Crippen molar-refractivity contribution in [3.63, 3.8) is 0 Å². The van der Waals surface area contributed by atoms with Gasteiger partial charge in [-0.3, -0.25) is 14.4 Å². The summed E-state index contributed by atoms with van der Waals surface area (Å²) < 4.78 is 54.6. The van der Waals surface area contributed by atoms with E-state index in [-0.39, 0.29) is 31.4 Å². The molecule has 0 unspecified atom stereocenters. The van der Waals surface area contributed by atoms with E-state index in [4.69, 9.17) is 0 Å². The summed E-state index contributed by atoms with van der Waals surface area (Å²) in [6.07, 6.45) is -0.950. The molecule has 0 aliphatic carbocycles. The molecule has 0 saturated carbocycles. The second-order valence-corrected chi connectivity index (χ2v) is 9.87. The van der Waals surface area contributed by atoms with E-state index in [0.29, 0.717) is 26.2 Å². The van der Waals surface area contributed by atoms with Crippen molar-refractivity contribution in [2.75, 3.05) is 32.8 Å². The maximum absolute atomic E-state index is 13.3. The number of benzene rings is 1. The lowest BCUT2D eigenvalue weighted by atomic mass is 9.71. The molecule has 33 heavy (non-hydrogen) atoms. The Hall–Kier alpha value is -2.46. The normalized spacial score (nSPS) is 20.9. The fourth-order valence-corrected chi connectivity index (χ4v) is 4.86. The number of carbonyl (C=O) groups is 1. The van der Waals surface area contributed by atoms with Crippen molar-refractivity contribution < 1.29 is 27.5 Å². The van der Waals surface area contributed by atoms with Crippen molar-refractivity contribution >= 4 is 5.91 Å². The van der Waals surface area contributed by atoms with Gasteiger partial charge in [0.2, 0.25) is 5.91 Å². The van der Waals surface area contributed by atoms with E-state index in [1.165, 1.54) is 17.0 Å². The number of aliphatic hydroxyl groups excluding tert-OH is 1. The summed E-state index contributed by atoms with van der Waals surface area (Å²) in [6, 6.07) is 6.22. The summed E-state index contributed by atoms with van der Waals surface area (Å²) in [5, 5.41) is 14.3. The molecule has 1 aromatic heterocycles. The van der Waals surface area contributed by atoms with Gasteiger partial charge in [-0.15, -0.1) is 0 Å². The molecule has 1 atom stereocenters. The average molecular weight is 468 g/mol. The van der Waals surface area contributed by atoms with Crippen LogP contribution in [0.25, 0.3) is 0 Å². The number of hydrogen-bond acceptors (Lipinski definition) is 4. The fourth-order valence-electron chi connectivity index (χ4n) is 4.86. The molecule has 1 amide bonds. The maximum atomic E-state index is 13.3. The number of nitrogens with zero attached hydrogens (tertiary/aromatic N) is 4. The Balaban J connectivity index is 1.36. The zero-order chi connectivity index (χ0) is 24.0.